The normalized spacial score (nSPS) is 37.9. The molecule has 1 heterocycles. The van der Waals surface area contributed by atoms with Crippen LogP contribution in [-0.4, -0.2) is 35.5 Å². The predicted molar refractivity (Wildman–Crippen MR) is 74.1 cm³/mol. The monoisotopic (exact) mass is 292 g/mol. The molecule has 0 spiro atoms. The van der Waals surface area contributed by atoms with Crippen LogP contribution in [-0.2, 0) is 14.4 Å². The van der Waals surface area contributed by atoms with Crippen molar-refractivity contribution < 1.29 is 19.5 Å². The van der Waals surface area contributed by atoms with Gasteiger partial charge < -0.3 is 15.7 Å². The molecule has 0 aromatic heterocycles. The largest absolute Gasteiger partial charge is 0.481 e. The third-order valence-electron chi connectivity index (χ3n) is 4.90. The van der Waals surface area contributed by atoms with Gasteiger partial charge in [0.05, 0.1) is 11.8 Å². The number of nitrogens with one attached hydrogen (secondary N) is 2. The number of hydrogen-bond acceptors (Lipinski definition) is 3. The molecular weight excluding hydrogens is 272 g/mol. The summed E-state index contributed by atoms with van der Waals surface area (Å²) in [5, 5.41) is 14.9. The maximum Gasteiger partial charge on any atom is 0.307 e. The average Bonchev–Trinajstić information content (AvgIpc) is 3.00. The number of amides is 2. The van der Waals surface area contributed by atoms with E-state index in [1.165, 1.54) is 0 Å². The number of hydrogen-bond donors (Lipinski definition) is 3. The summed E-state index contributed by atoms with van der Waals surface area (Å²) in [5.74, 6) is -2.64. The number of aliphatic carboxylic acids is 1. The highest BCUT2D eigenvalue weighted by molar-refractivity contribution is 5.91. The summed E-state index contributed by atoms with van der Waals surface area (Å²) in [6, 6.07) is -0.530. The van der Waals surface area contributed by atoms with Crippen LogP contribution in [0, 0.1) is 23.7 Å². The Morgan fingerprint density at radius 3 is 2.62 bits per heavy atom. The highest BCUT2D eigenvalue weighted by atomic mass is 16.4. The van der Waals surface area contributed by atoms with Gasteiger partial charge in [-0.15, -0.1) is 0 Å². The van der Waals surface area contributed by atoms with E-state index in [-0.39, 0.29) is 23.7 Å². The van der Waals surface area contributed by atoms with E-state index in [9.17, 15) is 19.5 Å². The Kier molecular flexibility index (Phi) is 3.69. The molecule has 2 fully saturated rings. The molecule has 3 aliphatic rings. The van der Waals surface area contributed by atoms with Crippen LogP contribution in [0.1, 0.15) is 25.7 Å². The van der Waals surface area contributed by atoms with Crippen molar-refractivity contribution in [2.24, 2.45) is 23.7 Å². The van der Waals surface area contributed by atoms with Crippen molar-refractivity contribution in [1.29, 1.82) is 0 Å². The first-order valence-electron chi connectivity index (χ1n) is 7.57. The van der Waals surface area contributed by atoms with E-state index in [1.807, 2.05) is 12.2 Å². The van der Waals surface area contributed by atoms with Crippen LogP contribution in [0.5, 0.6) is 0 Å². The zero-order valence-corrected chi connectivity index (χ0v) is 11.7. The van der Waals surface area contributed by atoms with Gasteiger partial charge in [0.1, 0.15) is 6.04 Å². The summed E-state index contributed by atoms with van der Waals surface area (Å²) in [7, 11) is 0. The highest BCUT2D eigenvalue weighted by Gasteiger charge is 2.52. The van der Waals surface area contributed by atoms with Crippen LogP contribution < -0.4 is 10.6 Å². The van der Waals surface area contributed by atoms with Gasteiger partial charge in [-0.05, 0) is 37.5 Å². The minimum Gasteiger partial charge on any atom is -0.481 e. The first-order valence-corrected chi connectivity index (χ1v) is 7.57. The van der Waals surface area contributed by atoms with E-state index >= 15 is 0 Å². The molecule has 114 valence electrons. The first kappa shape index (κ1) is 14.1. The summed E-state index contributed by atoms with van der Waals surface area (Å²) in [4.78, 5) is 35.8. The topological polar surface area (TPSA) is 95.5 Å². The molecule has 1 saturated heterocycles. The van der Waals surface area contributed by atoms with Crippen LogP contribution in [0.25, 0.3) is 0 Å². The van der Waals surface area contributed by atoms with Gasteiger partial charge in [0.25, 0.3) is 0 Å². The summed E-state index contributed by atoms with van der Waals surface area (Å²) in [5.41, 5.74) is 0. The van der Waals surface area contributed by atoms with Crippen molar-refractivity contribution >= 4 is 17.8 Å². The molecule has 6 heteroatoms. The van der Waals surface area contributed by atoms with E-state index in [2.05, 4.69) is 10.6 Å². The first-order chi connectivity index (χ1) is 10.1. The molecule has 1 saturated carbocycles. The summed E-state index contributed by atoms with van der Waals surface area (Å²) < 4.78 is 0. The lowest BCUT2D eigenvalue weighted by molar-refractivity contribution is -0.148. The fraction of sp³-hybridized carbons (Fsp3) is 0.667. The molecule has 5 atom stereocenters. The fourth-order valence-corrected chi connectivity index (χ4v) is 3.86. The molecule has 3 N–H and O–H groups in total. The number of fused-ring (bicyclic) bond motifs is 2. The quantitative estimate of drug-likeness (QED) is 0.652. The molecule has 2 amide bonds. The Balaban J connectivity index is 1.71. The van der Waals surface area contributed by atoms with Gasteiger partial charge in [-0.25, -0.2) is 0 Å². The van der Waals surface area contributed by atoms with Gasteiger partial charge in [0.15, 0.2) is 0 Å². The molecule has 0 radical (unpaired) electrons. The average molecular weight is 292 g/mol. The lowest BCUT2D eigenvalue weighted by Crippen LogP contribution is -2.49. The van der Waals surface area contributed by atoms with Crippen LogP contribution in [0.4, 0.5) is 0 Å². The Bertz CT molecular complexity index is 502. The third-order valence-corrected chi connectivity index (χ3v) is 4.90. The fourth-order valence-electron chi connectivity index (χ4n) is 3.86. The van der Waals surface area contributed by atoms with Gasteiger partial charge in [0.2, 0.25) is 11.8 Å². The van der Waals surface area contributed by atoms with Crippen LogP contribution in [0.2, 0.25) is 0 Å². The molecule has 3 rings (SSSR count). The Hall–Kier alpha value is -1.85. The summed E-state index contributed by atoms with van der Waals surface area (Å²) in [6.45, 7) is 0.639. The second-order valence-electron chi connectivity index (χ2n) is 6.19. The van der Waals surface area contributed by atoms with Crippen molar-refractivity contribution in [2.75, 3.05) is 6.54 Å². The molecule has 2 aliphatic carbocycles. The van der Waals surface area contributed by atoms with Crippen molar-refractivity contribution in [3.8, 4) is 0 Å². The van der Waals surface area contributed by atoms with Crippen molar-refractivity contribution in [1.82, 2.24) is 10.6 Å². The molecule has 1 aliphatic heterocycles. The maximum absolute atomic E-state index is 12.5. The highest BCUT2D eigenvalue weighted by Crippen LogP contribution is 2.48. The molecule has 21 heavy (non-hydrogen) atoms. The van der Waals surface area contributed by atoms with Gasteiger partial charge in [-0.2, -0.15) is 0 Å². The predicted octanol–water partition coefficient (Wildman–Crippen LogP) is 0.294. The smallest absolute Gasteiger partial charge is 0.307 e. The second-order valence-corrected chi connectivity index (χ2v) is 6.19. The van der Waals surface area contributed by atoms with Crippen LogP contribution in [0.15, 0.2) is 12.2 Å². The Morgan fingerprint density at radius 2 is 1.90 bits per heavy atom. The van der Waals surface area contributed by atoms with Gasteiger partial charge in [-0.3, -0.25) is 14.4 Å². The molecule has 0 aromatic carbocycles. The SMILES string of the molecule is O=C1NCCCCC1NC(=O)[C@H]1C2C=CC(C2)[C@H]1C(=O)O. The molecular formula is C15H20N2O4. The van der Waals surface area contributed by atoms with E-state index < -0.39 is 23.8 Å². The molecule has 3 unspecified atom stereocenters. The van der Waals surface area contributed by atoms with Gasteiger partial charge in [-0.1, -0.05) is 12.2 Å². The maximum atomic E-state index is 12.5. The Morgan fingerprint density at radius 1 is 1.19 bits per heavy atom. The van der Waals surface area contributed by atoms with Crippen LogP contribution in [0.3, 0.4) is 0 Å². The summed E-state index contributed by atoms with van der Waals surface area (Å²) >= 11 is 0. The molecule has 0 aromatic rings. The summed E-state index contributed by atoms with van der Waals surface area (Å²) in [6.07, 6.45) is 6.99. The van der Waals surface area contributed by atoms with E-state index in [0.717, 1.165) is 19.3 Å². The van der Waals surface area contributed by atoms with E-state index in [4.69, 9.17) is 0 Å². The number of rotatable bonds is 3. The van der Waals surface area contributed by atoms with Crippen LogP contribution >= 0.6 is 0 Å². The standard InChI is InChI=1S/C15H20N2O4/c18-13-10(3-1-2-6-16-13)17-14(19)11-8-4-5-9(7-8)12(11)15(20)21/h4-5,8-12H,1-3,6-7H2,(H,16,18)(H,17,19)(H,20,21)/t8?,9?,10?,11-,12+/m0/s1. The Labute approximate surface area is 123 Å². The van der Waals surface area contributed by atoms with Crippen molar-refractivity contribution in [2.45, 2.75) is 31.7 Å². The number of carboxylic acids is 1. The lowest BCUT2D eigenvalue weighted by atomic mass is 9.82. The lowest BCUT2D eigenvalue weighted by Gasteiger charge is -2.26. The molecule has 6 nitrogen and oxygen atoms in total. The zero-order chi connectivity index (χ0) is 15.0. The third kappa shape index (κ3) is 2.54. The minimum atomic E-state index is -0.919. The van der Waals surface area contributed by atoms with E-state index in [1.54, 1.807) is 0 Å². The van der Waals surface area contributed by atoms with E-state index in [0.29, 0.717) is 13.0 Å². The number of carboxylic acid groups (broad SMARTS) is 1. The van der Waals surface area contributed by atoms with Gasteiger partial charge >= 0.3 is 5.97 Å². The van der Waals surface area contributed by atoms with Crippen molar-refractivity contribution in [3.63, 3.8) is 0 Å². The number of carbonyl (C=O) groups excluding carboxylic acids is 2. The molecule has 2 bridgehead atoms. The van der Waals surface area contributed by atoms with Gasteiger partial charge in [0, 0.05) is 6.54 Å². The number of allylic oxidation sites excluding steroid dienone is 2. The zero-order valence-electron chi connectivity index (χ0n) is 11.7. The van der Waals surface area contributed by atoms with Crippen molar-refractivity contribution in [3.05, 3.63) is 12.2 Å². The second kappa shape index (κ2) is 5.50. The minimum absolute atomic E-state index is 0.00932. The number of carbonyl (C=O) groups is 3.